The van der Waals surface area contributed by atoms with Crippen LogP contribution in [-0.2, 0) is 11.2 Å². The SMILES string of the molecule is CCCOCCc1cnc(N)s1. The van der Waals surface area contributed by atoms with Gasteiger partial charge in [0, 0.05) is 24.1 Å². The first-order valence-electron chi connectivity index (χ1n) is 4.11. The van der Waals surface area contributed by atoms with Gasteiger partial charge in [0.2, 0.25) is 0 Å². The molecule has 0 aliphatic rings. The molecule has 1 aromatic heterocycles. The first-order chi connectivity index (χ1) is 5.83. The largest absolute Gasteiger partial charge is 0.381 e. The van der Waals surface area contributed by atoms with Gasteiger partial charge in [-0.3, -0.25) is 0 Å². The summed E-state index contributed by atoms with van der Waals surface area (Å²) in [6.45, 7) is 3.72. The van der Waals surface area contributed by atoms with Crippen molar-refractivity contribution >= 4 is 16.5 Å². The molecular formula is C8H14N2OS. The quantitative estimate of drug-likeness (QED) is 0.712. The molecule has 0 saturated carbocycles. The maximum atomic E-state index is 5.48. The number of rotatable bonds is 5. The van der Waals surface area contributed by atoms with Crippen LogP contribution >= 0.6 is 11.3 Å². The Hall–Kier alpha value is -0.610. The van der Waals surface area contributed by atoms with E-state index in [-0.39, 0.29) is 0 Å². The lowest BCUT2D eigenvalue weighted by atomic mass is 10.4. The minimum atomic E-state index is 0.639. The molecule has 4 heteroatoms. The van der Waals surface area contributed by atoms with Crippen LogP contribution in [0.3, 0.4) is 0 Å². The molecule has 0 spiro atoms. The third-order valence-electron chi connectivity index (χ3n) is 1.41. The van der Waals surface area contributed by atoms with Gasteiger partial charge in [-0.25, -0.2) is 4.98 Å². The number of thiazole rings is 1. The number of aromatic nitrogens is 1. The maximum absolute atomic E-state index is 5.48. The van der Waals surface area contributed by atoms with E-state index in [0.29, 0.717) is 5.13 Å². The van der Waals surface area contributed by atoms with Crippen LogP contribution in [-0.4, -0.2) is 18.2 Å². The average Bonchev–Trinajstić information content (AvgIpc) is 2.45. The molecule has 0 aliphatic carbocycles. The van der Waals surface area contributed by atoms with E-state index in [2.05, 4.69) is 11.9 Å². The lowest BCUT2D eigenvalue weighted by molar-refractivity contribution is 0.138. The van der Waals surface area contributed by atoms with Crippen molar-refractivity contribution in [3.8, 4) is 0 Å². The highest BCUT2D eigenvalue weighted by Gasteiger charge is 1.97. The van der Waals surface area contributed by atoms with Crippen LogP contribution in [0.4, 0.5) is 5.13 Å². The number of hydrogen-bond donors (Lipinski definition) is 1. The molecule has 0 aromatic carbocycles. The number of hydrogen-bond acceptors (Lipinski definition) is 4. The molecule has 3 nitrogen and oxygen atoms in total. The van der Waals surface area contributed by atoms with E-state index in [1.165, 1.54) is 16.2 Å². The Balaban J connectivity index is 2.15. The van der Waals surface area contributed by atoms with Crippen molar-refractivity contribution in [1.82, 2.24) is 4.98 Å². The van der Waals surface area contributed by atoms with Gasteiger partial charge in [-0.15, -0.1) is 11.3 Å². The summed E-state index contributed by atoms with van der Waals surface area (Å²) in [5.74, 6) is 0. The minimum Gasteiger partial charge on any atom is -0.381 e. The van der Waals surface area contributed by atoms with Gasteiger partial charge in [-0.1, -0.05) is 6.92 Å². The van der Waals surface area contributed by atoms with Crippen molar-refractivity contribution in [2.75, 3.05) is 18.9 Å². The molecule has 1 aromatic rings. The minimum absolute atomic E-state index is 0.639. The lowest BCUT2D eigenvalue weighted by Gasteiger charge is -1.98. The van der Waals surface area contributed by atoms with Gasteiger partial charge >= 0.3 is 0 Å². The normalized spacial score (nSPS) is 10.4. The molecule has 0 fully saturated rings. The lowest BCUT2D eigenvalue weighted by Crippen LogP contribution is -1.97. The van der Waals surface area contributed by atoms with Crippen molar-refractivity contribution in [2.24, 2.45) is 0 Å². The predicted octanol–water partition coefficient (Wildman–Crippen LogP) is 1.69. The molecule has 0 radical (unpaired) electrons. The Labute approximate surface area is 76.6 Å². The first kappa shape index (κ1) is 9.48. The molecule has 2 N–H and O–H groups in total. The van der Waals surface area contributed by atoms with E-state index >= 15 is 0 Å². The molecule has 0 bridgehead atoms. The summed E-state index contributed by atoms with van der Waals surface area (Å²) >= 11 is 1.53. The molecular weight excluding hydrogens is 172 g/mol. The van der Waals surface area contributed by atoms with Crippen molar-refractivity contribution < 1.29 is 4.74 Å². The van der Waals surface area contributed by atoms with Crippen LogP contribution in [0.1, 0.15) is 18.2 Å². The summed E-state index contributed by atoms with van der Waals surface area (Å²) in [6.07, 6.45) is 3.81. The number of nitrogens with zero attached hydrogens (tertiary/aromatic N) is 1. The van der Waals surface area contributed by atoms with Crippen LogP contribution in [0.5, 0.6) is 0 Å². The van der Waals surface area contributed by atoms with Gasteiger partial charge in [0.05, 0.1) is 6.61 Å². The molecule has 0 amide bonds. The summed E-state index contributed by atoms with van der Waals surface area (Å²) in [6, 6.07) is 0. The van der Waals surface area contributed by atoms with E-state index in [4.69, 9.17) is 10.5 Å². The van der Waals surface area contributed by atoms with Crippen molar-refractivity contribution in [2.45, 2.75) is 19.8 Å². The molecule has 12 heavy (non-hydrogen) atoms. The second kappa shape index (κ2) is 5.11. The van der Waals surface area contributed by atoms with Crippen molar-refractivity contribution in [3.63, 3.8) is 0 Å². The van der Waals surface area contributed by atoms with Gasteiger partial charge < -0.3 is 10.5 Å². The highest BCUT2D eigenvalue weighted by atomic mass is 32.1. The number of nitrogen functional groups attached to an aromatic ring is 1. The fourth-order valence-corrected chi connectivity index (χ4v) is 1.52. The maximum Gasteiger partial charge on any atom is 0.180 e. The predicted molar refractivity (Wildman–Crippen MR) is 51.3 cm³/mol. The number of ether oxygens (including phenoxy) is 1. The van der Waals surface area contributed by atoms with Crippen LogP contribution in [0, 0.1) is 0 Å². The topological polar surface area (TPSA) is 48.1 Å². The second-order valence-electron chi connectivity index (χ2n) is 2.53. The van der Waals surface area contributed by atoms with Crippen molar-refractivity contribution in [3.05, 3.63) is 11.1 Å². The molecule has 0 saturated heterocycles. The summed E-state index contributed by atoms with van der Waals surface area (Å²) in [7, 11) is 0. The summed E-state index contributed by atoms with van der Waals surface area (Å²) in [4.78, 5) is 5.15. The zero-order valence-electron chi connectivity index (χ0n) is 7.25. The van der Waals surface area contributed by atoms with Gasteiger partial charge in [-0.2, -0.15) is 0 Å². The van der Waals surface area contributed by atoms with Gasteiger partial charge in [0.25, 0.3) is 0 Å². The van der Waals surface area contributed by atoms with E-state index in [1.54, 1.807) is 0 Å². The van der Waals surface area contributed by atoms with E-state index in [0.717, 1.165) is 26.1 Å². The van der Waals surface area contributed by atoms with E-state index in [9.17, 15) is 0 Å². The van der Waals surface area contributed by atoms with Crippen LogP contribution in [0.2, 0.25) is 0 Å². The highest BCUT2D eigenvalue weighted by Crippen LogP contribution is 2.14. The fourth-order valence-electron chi connectivity index (χ4n) is 0.857. The fraction of sp³-hybridized carbons (Fsp3) is 0.625. The summed E-state index contributed by atoms with van der Waals surface area (Å²) in [5, 5.41) is 0.639. The molecule has 0 atom stereocenters. The van der Waals surface area contributed by atoms with Crippen LogP contribution in [0.25, 0.3) is 0 Å². The standard InChI is InChI=1S/C8H14N2OS/c1-2-4-11-5-3-7-6-10-8(9)12-7/h6H,2-5H2,1H3,(H2,9,10). The molecule has 68 valence electrons. The van der Waals surface area contributed by atoms with Crippen LogP contribution in [0.15, 0.2) is 6.20 Å². The third kappa shape index (κ3) is 3.19. The third-order valence-corrected chi connectivity index (χ3v) is 2.30. The summed E-state index contributed by atoms with van der Waals surface area (Å²) < 4.78 is 5.33. The molecule has 0 aliphatic heterocycles. The van der Waals surface area contributed by atoms with E-state index in [1.807, 2.05) is 6.20 Å². The zero-order chi connectivity index (χ0) is 8.81. The molecule has 1 heterocycles. The van der Waals surface area contributed by atoms with E-state index < -0.39 is 0 Å². The van der Waals surface area contributed by atoms with Crippen LogP contribution < -0.4 is 5.73 Å². The van der Waals surface area contributed by atoms with Crippen molar-refractivity contribution in [1.29, 1.82) is 0 Å². The smallest absolute Gasteiger partial charge is 0.180 e. The Morgan fingerprint density at radius 3 is 3.00 bits per heavy atom. The zero-order valence-corrected chi connectivity index (χ0v) is 8.06. The Morgan fingerprint density at radius 2 is 2.42 bits per heavy atom. The van der Waals surface area contributed by atoms with Gasteiger partial charge in [0.15, 0.2) is 5.13 Å². The Morgan fingerprint density at radius 1 is 1.58 bits per heavy atom. The second-order valence-corrected chi connectivity index (χ2v) is 3.67. The first-order valence-corrected chi connectivity index (χ1v) is 4.92. The Kier molecular flexibility index (Phi) is 4.04. The molecule has 1 rings (SSSR count). The van der Waals surface area contributed by atoms with Gasteiger partial charge in [-0.05, 0) is 6.42 Å². The monoisotopic (exact) mass is 186 g/mol. The highest BCUT2D eigenvalue weighted by molar-refractivity contribution is 7.15. The number of nitrogens with two attached hydrogens (primary N) is 1. The Bertz CT molecular complexity index is 225. The van der Waals surface area contributed by atoms with Gasteiger partial charge in [0.1, 0.15) is 0 Å². The average molecular weight is 186 g/mol. The molecule has 0 unspecified atom stereocenters. The summed E-state index contributed by atoms with van der Waals surface area (Å²) in [5.41, 5.74) is 5.48. The number of anilines is 1.